The monoisotopic (exact) mass is 256 g/mol. The molecule has 3 N–H and O–H groups in total. The van der Waals surface area contributed by atoms with Gasteiger partial charge in [0.05, 0.1) is 5.75 Å². The molecule has 0 aromatic rings. The fourth-order valence-electron chi connectivity index (χ4n) is 0.725. The number of amides is 1. The van der Waals surface area contributed by atoms with Crippen LogP contribution in [0, 0.1) is 0 Å². The van der Waals surface area contributed by atoms with Crippen LogP contribution in [-0.2, 0) is 25.4 Å². The van der Waals surface area contributed by atoms with E-state index in [-0.39, 0.29) is 23.2 Å². The molecule has 0 rings (SSSR count). The highest BCUT2D eigenvalue weighted by Gasteiger charge is 2.10. The van der Waals surface area contributed by atoms with Crippen LogP contribution in [0.5, 0.6) is 0 Å². The third-order valence-electron chi connectivity index (χ3n) is 1.44. The minimum atomic E-state index is -3.12. The zero-order chi connectivity index (χ0) is 11.9. The number of sulfone groups is 1. The molecule has 6 nitrogen and oxygen atoms in total. The zero-order valence-electron chi connectivity index (χ0n) is 8.56. The normalized spacial score (nSPS) is 13.5. The van der Waals surface area contributed by atoms with Crippen LogP contribution < -0.4 is 11.1 Å². The highest BCUT2D eigenvalue weighted by Crippen LogP contribution is 1.88. The maximum Gasteiger partial charge on any atom is 0.232 e. The summed E-state index contributed by atoms with van der Waals surface area (Å²) in [5.74, 6) is -0.707. The lowest BCUT2D eigenvalue weighted by Crippen LogP contribution is -2.33. The van der Waals surface area contributed by atoms with E-state index >= 15 is 0 Å². The largest absolute Gasteiger partial charge is 0.354 e. The first-order valence-electron chi connectivity index (χ1n) is 4.34. The Bertz CT molecular complexity index is 326. The number of carbonyl (C=O) groups excluding carboxylic acids is 1. The third kappa shape index (κ3) is 9.83. The van der Waals surface area contributed by atoms with Gasteiger partial charge in [-0.3, -0.25) is 9.00 Å². The molecule has 1 unspecified atom stereocenters. The second-order valence-electron chi connectivity index (χ2n) is 3.06. The average Bonchev–Trinajstić information content (AvgIpc) is 2.10. The summed E-state index contributed by atoms with van der Waals surface area (Å²) in [7, 11) is -4.55. The summed E-state index contributed by atoms with van der Waals surface area (Å²) in [6.45, 7) is 0.657. The Labute approximate surface area is 92.0 Å². The molecule has 0 spiro atoms. The Morgan fingerprint density at radius 3 is 2.53 bits per heavy atom. The minimum Gasteiger partial charge on any atom is -0.354 e. The van der Waals surface area contributed by atoms with Crippen molar-refractivity contribution >= 4 is 26.5 Å². The number of hydrogen-bond acceptors (Lipinski definition) is 5. The summed E-state index contributed by atoms with van der Waals surface area (Å²) >= 11 is 0. The Morgan fingerprint density at radius 2 is 2.07 bits per heavy atom. The number of nitrogens with one attached hydrogen (secondary N) is 1. The molecule has 0 heterocycles. The molecule has 0 aromatic carbocycles. The van der Waals surface area contributed by atoms with Gasteiger partial charge in [0.2, 0.25) is 5.91 Å². The predicted octanol–water partition coefficient (Wildman–Crippen LogP) is -2.15. The van der Waals surface area contributed by atoms with Gasteiger partial charge in [-0.25, -0.2) is 8.42 Å². The first kappa shape index (κ1) is 14.5. The summed E-state index contributed by atoms with van der Waals surface area (Å²) in [4.78, 5) is 11.0. The van der Waals surface area contributed by atoms with Gasteiger partial charge in [0, 0.05) is 35.9 Å². The van der Waals surface area contributed by atoms with Gasteiger partial charge in [-0.05, 0) is 0 Å². The summed E-state index contributed by atoms with van der Waals surface area (Å²) in [5.41, 5.74) is 5.15. The van der Waals surface area contributed by atoms with Crippen LogP contribution in [0.3, 0.4) is 0 Å². The molecule has 90 valence electrons. The van der Waals surface area contributed by atoms with Crippen LogP contribution >= 0.6 is 0 Å². The summed E-state index contributed by atoms with van der Waals surface area (Å²) in [6, 6.07) is 0. The van der Waals surface area contributed by atoms with Crippen LogP contribution in [0.2, 0.25) is 0 Å². The first-order chi connectivity index (χ1) is 6.85. The van der Waals surface area contributed by atoms with E-state index in [0.717, 1.165) is 6.26 Å². The van der Waals surface area contributed by atoms with Crippen molar-refractivity contribution in [2.45, 2.75) is 0 Å². The molecular formula is C7H16N2O4S2. The zero-order valence-corrected chi connectivity index (χ0v) is 10.2. The second-order valence-corrected chi connectivity index (χ2v) is 6.89. The Balaban J connectivity index is 3.79. The summed E-state index contributed by atoms with van der Waals surface area (Å²) in [5, 5.41) is 2.45. The number of rotatable bonds is 7. The van der Waals surface area contributed by atoms with E-state index in [0.29, 0.717) is 13.1 Å². The SMILES string of the molecule is CS(=O)(=O)CCS(=O)CC(=O)NCCN. The topological polar surface area (TPSA) is 106 Å². The third-order valence-corrected chi connectivity index (χ3v) is 3.89. The van der Waals surface area contributed by atoms with Crippen molar-refractivity contribution in [1.82, 2.24) is 5.32 Å². The van der Waals surface area contributed by atoms with Crippen molar-refractivity contribution in [3.05, 3.63) is 0 Å². The second kappa shape index (κ2) is 6.91. The van der Waals surface area contributed by atoms with Crippen molar-refractivity contribution in [3.63, 3.8) is 0 Å². The first-order valence-corrected chi connectivity index (χ1v) is 7.89. The van der Waals surface area contributed by atoms with Gasteiger partial charge < -0.3 is 11.1 Å². The molecule has 0 bridgehead atoms. The number of carbonyl (C=O) groups is 1. The van der Waals surface area contributed by atoms with Gasteiger partial charge in [-0.15, -0.1) is 0 Å². The van der Waals surface area contributed by atoms with Crippen LogP contribution in [-0.4, -0.2) is 55.1 Å². The van der Waals surface area contributed by atoms with Crippen molar-refractivity contribution in [1.29, 1.82) is 0 Å². The van der Waals surface area contributed by atoms with Crippen molar-refractivity contribution < 1.29 is 17.4 Å². The van der Waals surface area contributed by atoms with E-state index in [9.17, 15) is 17.4 Å². The molecule has 1 atom stereocenters. The lowest BCUT2D eigenvalue weighted by molar-refractivity contribution is -0.118. The van der Waals surface area contributed by atoms with E-state index in [1.54, 1.807) is 0 Å². The molecule has 8 heteroatoms. The molecule has 15 heavy (non-hydrogen) atoms. The summed E-state index contributed by atoms with van der Waals surface area (Å²) < 4.78 is 32.7. The lowest BCUT2D eigenvalue weighted by Gasteiger charge is -2.03. The Kier molecular flexibility index (Phi) is 6.70. The van der Waals surface area contributed by atoms with Gasteiger partial charge in [-0.2, -0.15) is 0 Å². The Hall–Kier alpha value is -0.470. The Morgan fingerprint density at radius 1 is 1.47 bits per heavy atom. The van der Waals surface area contributed by atoms with E-state index in [1.807, 2.05) is 0 Å². The van der Waals surface area contributed by atoms with Crippen LogP contribution in [0.4, 0.5) is 0 Å². The van der Waals surface area contributed by atoms with Gasteiger partial charge in [-0.1, -0.05) is 0 Å². The lowest BCUT2D eigenvalue weighted by atomic mass is 10.6. The van der Waals surface area contributed by atoms with E-state index in [1.165, 1.54) is 0 Å². The fraction of sp³-hybridized carbons (Fsp3) is 0.857. The van der Waals surface area contributed by atoms with Gasteiger partial charge in [0.15, 0.2) is 0 Å². The van der Waals surface area contributed by atoms with E-state index in [2.05, 4.69) is 5.32 Å². The van der Waals surface area contributed by atoms with Crippen molar-refractivity contribution in [2.24, 2.45) is 5.73 Å². The van der Waals surface area contributed by atoms with Crippen LogP contribution in [0.25, 0.3) is 0 Å². The molecule has 0 saturated carbocycles. The fourth-order valence-corrected chi connectivity index (χ4v) is 3.22. The molecule has 0 aliphatic rings. The molecule has 0 radical (unpaired) electrons. The maximum absolute atomic E-state index is 11.2. The van der Waals surface area contributed by atoms with Crippen LogP contribution in [0.1, 0.15) is 0 Å². The van der Waals surface area contributed by atoms with Gasteiger partial charge in [0.25, 0.3) is 0 Å². The summed E-state index contributed by atoms with van der Waals surface area (Å²) in [6.07, 6.45) is 1.07. The van der Waals surface area contributed by atoms with Gasteiger partial charge >= 0.3 is 0 Å². The molecule has 1 amide bonds. The molecule has 0 aliphatic carbocycles. The van der Waals surface area contributed by atoms with Crippen LogP contribution in [0.15, 0.2) is 0 Å². The maximum atomic E-state index is 11.2. The smallest absolute Gasteiger partial charge is 0.232 e. The minimum absolute atomic E-state index is 0.00508. The van der Waals surface area contributed by atoms with E-state index < -0.39 is 20.6 Å². The highest BCUT2D eigenvalue weighted by molar-refractivity contribution is 7.92. The predicted molar refractivity (Wildman–Crippen MR) is 59.7 cm³/mol. The molecule has 0 fully saturated rings. The van der Waals surface area contributed by atoms with Crippen molar-refractivity contribution in [3.8, 4) is 0 Å². The van der Waals surface area contributed by atoms with Gasteiger partial charge in [0.1, 0.15) is 15.6 Å². The highest BCUT2D eigenvalue weighted by atomic mass is 32.2. The van der Waals surface area contributed by atoms with Crippen molar-refractivity contribution in [2.75, 3.05) is 36.6 Å². The average molecular weight is 256 g/mol. The molecular weight excluding hydrogens is 240 g/mol. The number of hydrogen-bond donors (Lipinski definition) is 2. The standard InChI is InChI=1S/C7H16N2O4S2/c1-15(12,13)5-4-14(11)6-7(10)9-3-2-8/h2-6,8H2,1H3,(H,9,10). The molecule has 0 aromatic heterocycles. The molecule has 0 aliphatic heterocycles. The molecule has 0 saturated heterocycles. The quantitative estimate of drug-likeness (QED) is 0.540. The number of nitrogens with two attached hydrogens (primary N) is 1. The van der Waals surface area contributed by atoms with E-state index in [4.69, 9.17) is 5.73 Å².